The van der Waals surface area contributed by atoms with Gasteiger partial charge in [0.25, 0.3) is 11.7 Å². The van der Waals surface area contributed by atoms with Gasteiger partial charge in [0, 0.05) is 19.6 Å². The number of unbranched alkanes of at least 4 members (excludes halogenated alkanes) is 1. The largest absolute Gasteiger partial charge is 0.349 e. The molecule has 194 valence electrons. The van der Waals surface area contributed by atoms with Gasteiger partial charge in [0.15, 0.2) is 0 Å². The number of fused-ring (bicyclic) bond motifs is 3. The molecule has 4 fully saturated rings. The summed E-state index contributed by atoms with van der Waals surface area (Å²) in [5.41, 5.74) is 1.41. The Bertz CT molecular complexity index is 896. The van der Waals surface area contributed by atoms with Crippen LogP contribution in [0.15, 0.2) is 34.9 Å². The zero-order valence-corrected chi connectivity index (χ0v) is 22.1. The van der Waals surface area contributed by atoms with Crippen LogP contribution in [-0.4, -0.2) is 65.1 Å². The van der Waals surface area contributed by atoms with E-state index in [0.29, 0.717) is 24.3 Å². The minimum absolute atomic E-state index is 0. The van der Waals surface area contributed by atoms with Gasteiger partial charge in [-0.1, -0.05) is 48.3 Å². The molecule has 1 amide bonds. The van der Waals surface area contributed by atoms with Gasteiger partial charge >= 0.3 is 0 Å². The number of hydrogen-bond donors (Lipinski definition) is 1. The third-order valence-corrected chi connectivity index (χ3v) is 7.90. The van der Waals surface area contributed by atoms with Crippen LogP contribution in [0.3, 0.4) is 0 Å². The molecule has 1 aromatic carbocycles. The monoisotopic (exact) mass is 523 g/mol. The Hall–Kier alpha value is -1.67. The molecule has 35 heavy (non-hydrogen) atoms. The summed E-state index contributed by atoms with van der Waals surface area (Å²) in [4.78, 5) is 21.9. The SMILES string of the molecule is Cl.Cl.O=C(NCCCCC1CCN(Cc2ccccc2)CC1)c1noc(C2CN3CCC2CC3)n1. The highest BCUT2D eigenvalue weighted by Gasteiger charge is 2.38. The van der Waals surface area contributed by atoms with Gasteiger partial charge in [-0.15, -0.1) is 24.8 Å². The van der Waals surface area contributed by atoms with Crippen molar-refractivity contribution in [2.24, 2.45) is 11.8 Å². The number of amides is 1. The molecular formula is C26H39Cl2N5O2. The highest BCUT2D eigenvalue weighted by molar-refractivity contribution is 5.90. The van der Waals surface area contributed by atoms with Crippen LogP contribution in [0, 0.1) is 11.8 Å². The minimum atomic E-state index is -0.208. The van der Waals surface area contributed by atoms with Gasteiger partial charge in [-0.05, 0) is 75.7 Å². The number of piperidine rings is 4. The minimum Gasteiger partial charge on any atom is -0.349 e. The summed E-state index contributed by atoms with van der Waals surface area (Å²) in [5.74, 6) is 2.35. The van der Waals surface area contributed by atoms with Crippen molar-refractivity contribution in [1.29, 1.82) is 0 Å². The molecule has 0 aliphatic carbocycles. The molecule has 2 aromatic rings. The van der Waals surface area contributed by atoms with Gasteiger partial charge in [0.2, 0.25) is 5.89 Å². The van der Waals surface area contributed by atoms with E-state index in [4.69, 9.17) is 4.52 Å². The molecule has 4 aliphatic heterocycles. The van der Waals surface area contributed by atoms with E-state index in [1.807, 2.05) is 0 Å². The number of hydrogen-bond acceptors (Lipinski definition) is 6. The topological polar surface area (TPSA) is 74.5 Å². The van der Waals surface area contributed by atoms with Crippen LogP contribution in [0.2, 0.25) is 0 Å². The van der Waals surface area contributed by atoms with E-state index < -0.39 is 0 Å². The Labute approximate surface area is 221 Å². The van der Waals surface area contributed by atoms with Crippen LogP contribution in [0.25, 0.3) is 0 Å². The number of halogens is 2. The number of rotatable bonds is 9. The second-order valence-corrected chi connectivity index (χ2v) is 10.2. The van der Waals surface area contributed by atoms with Crippen LogP contribution in [-0.2, 0) is 6.54 Å². The fraction of sp³-hybridized carbons (Fsp3) is 0.654. The van der Waals surface area contributed by atoms with E-state index >= 15 is 0 Å². The Morgan fingerprint density at radius 3 is 2.43 bits per heavy atom. The lowest BCUT2D eigenvalue weighted by Crippen LogP contribution is -2.46. The number of benzene rings is 1. The first-order valence-electron chi connectivity index (χ1n) is 12.8. The van der Waals surface area contributed by atoms with E-state index in [-0.39, 0.29) is 36.5 Å². The van der Waals surface area contributed by atoms with E-state index in [0.717, 1.165) is 31.8 Å². The summed E-state index contributed by atoms with van der Waals surface area (Å²) in [5, 5.41) is 6.94. The number of carbonyl (C=O) groups excluding carboxylic acids is 1. The molecular weight excluding hydrogens is 485 g/mol. The Kier molecular flexibility index (Phi) is 10.8. The van der Waals surface area contributed by atoms with Crippen LogP contribution in [0.5, 0.6) is 0 Å². The lowest BCUT2D eigenvalue weighted by molar-refractivity contribution is 0.0727. The third-order valence-electron chi connectivity index (χ3n) is 7.90. The van der Waals surface area contributed by atoms with Crippen molar-refractivity contribution in [1.82, 2.24) is 25.3 Å². The predicted molar refractivity (Wildman–Crippen MR) is 141 cm³/mol. The van der Waals surface area contributed by atoms with Crippen LogP contribution in [0.4, 0.5) is 0 Å². The molecule has 1 aromatic heterocycles. The van der Waals surface area contributed by atoms with Crippen molar-refractivity contribution < 1.29 is 9.32 Å². The molecule has 6 rings (SSSR count). The number of nitrogens with one attached hydrogen (secondary N) is 1. The van der Waals surface area contributed by atoms with Gasteiger partial charge in [0.05, 0.1) is 5.92 Å². The molecule has 9 heteroatoms. The average molecular weight is 525 g/mol. The van der Waals surface area contributed by atoms with Gasteiger partial charge in [-0.2, -0.15) is 4.98 Å². The molecule has 4 saturated heterocycles. The molecule has 1 atom stereocenters. The maximum absolute atomic E-state index is 12.4. The van der Waals surface area contributed by atoms with Gasteiger partial charge < -0.3 is 14.7 Å². The first-order valence-corrected chi connectivity index (χ1v) is 12.8. The zero-order chi connectivity index (χ0) is 22.5. The van der Waals surface area contributed by atoms with Crippen molar-refractivity contribution in [3.05, 3.63) is 47.6 Å². The molecule has 5 heterocycles. The van der Waals surface area contributed by atoms with E-state index in [9.17, 15) is 4.79 Å². The summed E-state index contributed by atoms with van der Waals surface area (Å²) in [6.07, 6.45) is 8.36. The molecule has 7 nitrogen and oxygen atoms in total. The summed E-state index contributed by atoms with van der Waals surface area (Å²) in [6, 6.07) is 10.8. The van der Waals surface area contributed by atoms with Crippen molar-refractivity contribution >= 4 is 30.7 Å². The first kappa shape index (κ1) is 27.9. The van der Waals surface area contributed by atoms with Gasteiger partial charge in [0.1, 0.15) is 0 Å². The summed E-state index contributed by atoms with van der Waals surface area (Å²) < 4.78 is 5.48. The first-order chi connectivity index (χ1) is 16.2. The number of carbonyl (C=O) groups is 1. The highest BCUT2D eigenvalue weighted by atomic mass is 35.5. The molecule has 1 N–H and O–H groups in total. The second kappa shape index (κ2) is 13.6. The van der Waals surface area contributed by atoms with Crippen LogP contribution >= 0.6 is 24.8 Å². The zero-order valence-electron chi connectivity index (χ0n) is 20.4. The van der Waals surface area contributed by atoms with Crippen molar-refractivity contribution in [3.8, 4) is 0 Å². The fourth-order valence-corrected chi connectivity index (χ4v) is 5.84. The summed E-state index contributed by atoms with van der Waals surface area (Å²) in [7, 11) is 0. The maximum Gasteiger partial charge on any atom is 0.292 e. The third kappa shape index (κ3) is 7.42. The number of nitrogens with zero attached hydrogens (tertiary/aromatic N) is 4. The quantitative estimate of drug-likeness (QED) is 0.486. The second-order valence-electron chi connectivity index (χ2n) is 10.2. The normalized spacial score (nSPS) is 24.4. The van der Waals surface area contributed by atoms with E-state index in [1.165, 1.54) is 63.8 Å². The number of aromatic nitrogens is 2. The Morgan fingerprint density at radius 2 is 1.74 bits per heavy atom. The summed E-state index contributed by atoms with van der Waals surface area (Å²) >= 11 is 0. The molecule has 1 unspecified atom stereocenters. The molecule has 2 bridgehead atoms. The molecule has 0 saturated carbocycles. The Balaban J connectivity index is 0.00000171. The molecule has 0 spiro atoms. The van der Waals surface area contributed by atoms with E-state index in [1.54, 1.807) is 0 Å². The number of likely N-dealkylation sites (tertiary alicyclic amines) is 1. The van der Waals surface area contributed by atoms with Crippen LogP contribution < -0.4 is 5.32 Å². The van der Waals surface area contributed by atoms with Crippen molar-refractivity contribution in [3.63, 3.8) is 0 Å². The van der Waals surface area contributed by atoms with Crippen molar-refractivity contribution in [2.75, 3.05) is 39.3 Å². The highest BCUT2D eigenvalue weighted by Crippen LogP contribution is 2.38. The maximum atomic E-state index is 12.4. The van der Waals surface area contributed by atoms with Gasteiger partial charge in [-0.3, -0.25) is 9.69 Å². The standard InChI is InChI=1S/C26H37N5O2.2ClH/c32-25(24-28-26(33-29-24)23-19-31-16-11-22(23)12-17-31)27-13-5-4-6-20-9-14-30(15-10-20)18-21-7-2-1-3-8-21;;/h1-3,7-8,20,22-23H,4-6,9-19H2,(H,27,32);2*1H. The fourth-order valence-electron chi connectivity index (χ4n) is 5.84. The lowest BCUT2D eigenvalue weighted by Gasteiger charge is -2.43. The van der Waals surface area contributed by atoms with Crippen molar-refractivity contribution in [2.45, 2.75) is 57.4 Å². The predicted octanol–water partition coefficient (Wildman–Crippen LogP) is 4.53. The molecule has 4 aliphatic rings. The summed E-state index contributed by atoms with van der Waals surface area (Å²) in [6.45, 7) is 7.46. The van der Waals surface area contributed by atoms with Crippen LogP contribution in [0.1, 0.15) is 72.9 Å². The average Bonchev–Trinajstić information content (AvgIpc) is 3.37. The van der Waals surface area contributed by atoms with Gasteiger partial charge in [-0.25, -0.2) is 0 Å². The Morgan fingerprint density at radius 1 is 1.00 bits per heavy atom. The smallest absolute Gasteiger partial charge is 0.292 e. The van der Waals surface area contributed by atoms with E-state index in [2.05, 4.69) is 55.6 Å². The lowest BCUT2D eigenvalue weighted by atomic mass is 9.79. The molecule has 0 radical (unpaired) electrons.